The molecule has 3 heterocycles. The van der Waals surface area contributed by atoms with Crippen LogP contribution >= 0.6 is 0 Å². The Morgan fingerprint density at radius 3 is 2.15 bits per heavy atom. The maximum Gasteiger partial charge on any atom is 0.435 e. The number of halogens is 3. The minimum absolute atomic E-state index is 0.301. The molecule has 1 fully saturated rings. The molecule has 0 saturated carbocycles. The molecule has 0 radical (unpaired) electrons. The van der Waals surface area contributed by atoms with Crippen LogP contribution in [0.5, 0.6) is 0 Å². The van der Waals surface area contributed by atoms with Crippen molar-refractivity contribution in [3.05, 3.63) is 41.7 Å². The van der Waals surface area contributed by atoms with Gasteiger partial charge in [0.15, 0.2) is 11.5 Å². The van der Waals surface area contributed by atoms with Crippen molar-refractivity contribution in [2.75, 3.05) is 42.6 Å². The second kappa shape index (κ2) is 7.77. The van der Waals surface area contributed by atoms with E-state index in [0.717, 1.165) is 11.9 Å². The lowest BCUT2D eigenvalue weighted by molar-refractivity contribution is -0.141. The van der Waals surface area contributed by atoms with Gasteiger partial charge in [0.25, 0.3) is 0 Å². The Balaban J connectivity index is 1.59. The first-order valence-electron chi connectivity index (χ1n) is 8.42. The van der Waals surface area contributed by atoms with Crippen LogP contribution in [0.4, 0.5) is 24.8 Å². The molecule has 3 rings (SSSR count). The highest BCUT2D eigenvalue weighted by molar-refractivity contribution is 5.89. The lowest BCUT2D eigenvalue weighted by Crippen LogP contribution is -2.47. The Kier molecular flexibility index (Phi) is 5.43. The van der Waals surface area contributed by atoms with E-state index >= 15 is 0 Å². The molecule has 0 atom stereocenters. The van der Waals surface area contributed by atoms with Crippen LogP contribution in [0.15, 0.2) is 30.5 Å². The number of piperazine rings is 1. The Hall–Kier alpha value is -2.91. The molecule has 0 spiro atoms. The van der Waals surface area contributed by atoms with Crippen molar-refractivity contribution < 1.29 is 22.7 Å². The highest BCUT2D eigenvalue weighted by Crippen LogP contribution is 2.27. The Labute approximate surface area is 153 Å². The van der Waals surface area contributed by atoms with Gasteiger partial charge < -0.3 is 14.5 Å². The summed E-state index contributed by atoms with van der Waals surface area (Å²) in [4.78, 5) is 19.9. The predicted octanol–water partition coefficient (Wildman–Crippen LogP) is 2.39. The maximum absolute atomic E-state index is 12.6. The minimum atomic E-state index is -4.49. The summed E-state index contributed by atoms with van der Waals surface area (Å²) in [5.74, 6) is 0.719. The molecule has 2 aromatic rings. The fraction of sp³-hybridized carbons (Fsp3) is 0.412. The van der Waals surface area contributed by atoms with Crippen LogP contribution in [-0.2, 0) is 10.9 Å². The van der Waals surface area contributed by atoms with Crippen molar-refractivity contribution in [3.8, 4) is 0 Å². The first-order valence-corrected chi connectivity index (χ1v) is 8.42. The third kappa shape index (κ3) is 4.44. The van der Waals surface area contributed by atoms with Crippen LogP contribution in [0.1, 0.15) is 23.0 Å². The number of nitrogens with zero attached hydrogens (tertiary/aromatic N) is 5. The summed E-state index contributed by atoms with van der Waals surface area (Å²) >= 11 is 0. The summed E-state index contributed by atoms with van der Waals surface area (Å²) in [5, 5.41) is 6.94. The number of aromatic nitrogens is 3. The average Bonchev–Trinajstić information content (AvgIpc) is 2.68. The largest absolute Gasteiger partial charge is 0.462 e. The lowest BCUT2D eigenvalue weighted by Gasteiger charge is -2.35. The van der Waals surface area contributed by atoms with Crippen LogP contribution in [0.3, 0.4) is 0 Å². The van der Waals surface area contributed by atoms with E-state index in [4.69, 9.17) is 4.74 Å². The zero-order chi connectivity index (χ0) is 19.4. The molecule has 0 aliphatic carbocycles. The van der Waals surface area contributed by atoms with Gasteiger partial charge in [0.2, 0.25) is 0 Å². The van der Waals surface area contributed by atoms with Crippen molar-refractivity contribution >= 4 is 17.6 Å². The molecule has 1 aliphatic heterocycles. The fourth-order valence-corrected chi connectivity index (χ4v) is 2.72. The average molecular weight is 381 g/mol. The summed E-state index contributed by atoms with van der Waals surface area (Å²) in [6.07, 6.45) is -3.02. The lowest BCUT2D eigenvalue weighted by atomic mass is 10.2. The van der Waals surface area contributed by atoms with E-state index in [9.17, 15) is 18.0 Å². The van der Waals surface area contributed by atoms with Crippen LogP contribution in [0.25, 0.3) is 0 Å². The number of alkyl halides is 3. The Morgan fingerprint density at radius 1 is 1.04 bits per heavy atom. The molecule has 7 nitrogen and oxygen atoms in total. The van der Waals surface area contributed by atoms with E-state index in [1.165, 1.54) is 12.3 Å². The monoisotopic (exact) mass is 381 g/mol. The number of pyridine rings is 1. The molecule has 0 bridgehead atoms. The van der Waals surface area contributed by atoms with Gasteiger partial charge in [-0.2, -0.15) is 13.2 Å². The molecule has 10 heteroatoms. The molecule has 1 saturated heterocycles. The van der Waals surface area contributed by atoms with E-state index in [-0.39, 0.29) is 0 Å². The van der Waals surface area contributed by atoms with Crippen LogP contribution < -0.4 is 9.80 Å². The number of carbonyl (C=O) groups is 1. The summed E-state index contributed by atoms with van der Waals surface area (Å²) < 4.78 is 42.6. The highest BCUT2D eigenvalue weighted by atomic mass is 19.4. The second-order valence-electron chi connectivity index (χ2n) is 5.87. The summed E-state index contributed by atoms with van der Waals surface area (Å²) in [5.41, 5.74) is -0.616. The first kappa shape index (κ1) is 18.9. The van der Waals surface area contributed by atoms with Crippen molar-refractivity contribution in [1.82, 2.24) is 15.2 Å². The number of hydrogen-bond donors (Lipinski definition) is 0. The topological polar surface area (TPSA) is 71.5 Å². The van der Waals surface area contributed by atoms with Gasteiger partial charge in [-0.05, 0) is 31.2 Å². The smallest absolute Gasteiger partial charge is 0.435 e. The Bertz CT molecular complexity index is 773. The zero-order valence-electron chi connectivity index (χ0n) is 14.6. The van der Waals surface area contributed by atoms with Gasteiger partial charge in [-0.15, -0.1) is 10.2 Å². The summed E-state index contributed by atoms with van der Waals surface area (Å²) in [7, 11) is 0. The van der Waals surface area contributed by atoms with Gasteiger partial charge in [0, 0.05) is 32.4 Å². The highest BCUT2D eigenvalue weighted by Gasteiger charge is 2.33. The van der Waals surface area contributed by atoms with Crippen molar-refractivity contribution in [2.45, 2.75) is 13.1 Å². The second-order valence-corrected chi connectivity index (χ2v) is 5.87. The van der Waals surface area contributed by atoms with E-state index in [1.807, 2.05) is 9.80 Å². The molecule has 27 heavy (non-hydrogen) atoms. The van der Waals surface area contributed by atoms with Gasteiger partial charge >= 0.3 is 12.1 Å². The summed E-state index contributed by atoms with van der Waals surface area (Å²) in [6, 6.07) is 5.68. The SMILES string of the molecule is CCOC(=O)c1ccc(N2CCN(c3ccc(C(F)(F)F)nn3)CC2)nc1. The van der Waals surface area contributed by atoms with Gasteiger partial charge in [0.05, 0.1) is 12.2 Å². The van der Waals surface area contributed by atoms with Gasteiger partial charge in [-0.3, -0.25) is 0 Å². The molecule has 0 N–H and O–H groups in total. The number of carbonyl (C=O) groups excluding carboxylic acids is 1. The fourth-order valence-electron chi connectivity index (χ4n) is 2.72. The van der Waals surface area contributed by atoms with Crippen LogP contribution in [0, 0.1) is 0 Å². The number of anilines is 2. The van der Waals surface area contributed by atoms with Gasteiger partial charge in [-0.1, -0.05) is 0 Å². The van der Waals surface area contributed by atoms with Crippen LogP contribution in [0.2, 0.25) is 0 Å². The number of esters is 1. The normalized spacial score (nSPS) is 15.0. The standard InChI is InChI=1S/C17H18F3N5O2/c1-2-27-16(26)12-3-5-14(21-11-12)24-7-9-25(10-8-24)15-6-4-13(22-23-15)17(18,19)20/h3-6,11H,2,7-10H2,1H3. The van der Waals surface area contributed by atoms with E-state index < -0.39 is 17.8 Å². The predicted molar refractivity (Wildman–Crippen MR) is 91.7 cm³/mol. The first-order chi connectivity index (χ1) is 12.9. The van der Waals surface area contributed by atoms with E-state index in [2.05, 4.69) is 15.2 Å². The molecule has 1 aliphatic rings. The molecule has 0 unspecified atom stereocenters. The molecule has 0 amide bonds. The van der Waals surface area contributed by atoms with E-state index in [1.54, 1.807) is 19.1 Å². The van der Waals surface area contributed by atoms with Gasteiger partial charge in [-0.25, -0.2) is 9.78 Å². The number of hydrogen-bond acceptors (Lipinski definition) is 7. The molecule has 144 valence electrons. The molecular weight excluding hydrogens is 363 g/mol. The maximum atomic E-state index is 12.6. The van der Waals surface area contributed by atoms with Crippen molar-refractivity contribution in [2.24, 2.45) is 0 Å². The number of rotatable bonds is 4. The van der Waals surface area contributed by atoms with Gasteiger partial charge in [0.1, 0.15) is 5.82 Å². The number of ether oxygens (including phenoxy) is 1. The Morgan fingerprint density at radius 2 is 1.67 bits per heavy atom. The van der Waals surface area contributed by atoms with Crippen molar-refractivity contribution in [3.63, 3.8) is 0 Å². The zero-order valence-corrected chi connectivity index (χ0v) is 14.6. The summed E-state index contributed by atoms with van der Waals surface area (Å²) in [6.45, 7) is 4.42. The molecular formula is C17H18F3N5O2. The molecule has 0 aromatic carbocycles. The minimum Gasteiger partial charge on any atom is -0.462 e. The van der Waals surface area contributed by atoms with Crippen molar-refractivity contribution in [1.29, 1.82) is 0 Å². The third-order valence-electron chi connectivity index (χ3n) is 4.13. The van der Waals surface area contributed by atoms with E-state index in [0.29, 0.717) is 44.2 Å². The quantitative estimate of drug-likeness (QED) is 0.753. The van der Waals surface area contributed by atoms with Crippen LogP contribution in [-0.4, -0.2) is 53.9 Å². The molecule has 2 aromatic heterocycles. The third-order valence-corrected chi connectivity index (χ3v) is 4.13.